The number of methoxy groups -OCH3 is 1. The molecule has 0 saturated carbocycles. The van der Waals surface area contributed by atoms with Gasteiger partial charge in [-0.3, -0.25) is 0 Å². The standard InChI is InChI=1S/C11H25NO3/c1-5-14-11(15-6-2)7-8-12-9-10(3)13-4/h10-12H,5-9H2,1-4H3. The van der Waals surface area contributed by atoms with Crippen LogP contribution in [0.25, 0.3) is 0 Å². The van der Waals surface area contributed by atoms with E-state index in [1.54, 1.807) is 7.11 Å². The number of ether oxygens (including phenoxy) is 3. The van der Waals surface area contributed by atoms with E-state index < -0.39 is 0 Å². The first kappa shape index (κ1) is 14.8. The normalized spacial score (nSPS) is 13.4. The largest absolute Gasteiger partial charge is 0.380 e. The molecular formula is C11H25NO3. The fourth-order valence-corrected chi connectivity index (χ4v) is 1.20. The molecule has 0 aromatic heterocycles. The molecule has 0 aromatic rings. The van der Waals surface area contributed by atoms with E-state index in [0.29, 0.717) is 13.2 Å². The molecule has 0 aliphatic carbocycles. The van der Waals surface area contributed by atoms with E-state index in [0.717, 1.165) is 19.5 Å². The van der Waals surface area contributed by atoms with Gasteiger partial charge >= 0.3 is 0 Å². The third-order valence-electron chi connectivity index (χ3n) is 2.10. The zero-order chi connectivity index (χ0) is 11.5. The number of nitrogens with one attached hydrogen (secondary N) is 1. The van der Waals surface area contributed by atoms with Crippen molar-refractivity contribution in [1.29, 1.82) is 0 Å². The summed E-state index contributed by atoms with van der Waals surface area (Å²) < 4.78 is 16.0. The summed E-state index contributed by atoms with van der Waals surface area (Å²) in [6, 6.07) is 0. The van der Waals surface area contributed by atoms with Crippen LogP contribution in [-0.4, -0.2) is 45.8 Å². The second kappa shape index (κ2) is 10.4. The molecule has 15 heavy (non-hydrogen) atoms. The van der Waals surface area contributed by atoms with E-state index in [9.17, 15) is 0 Å². The van der Waals surface area contributed by atoms with Crippen molar-refractivity contribution >= 4 is 0 Å². The van der Waals surface area contributed by atoms with E-state index in [2.05, 4.69) is 5.32 Å². The molecule has 0 heterocycles. The average Bonchev–Trinajstić information content (AvgIpc) is 2.24. The summed E-state index contributed by atoms with van der Waals surface area (Å²) in [4.78, 5) is 0. The molecule has 0 spiro atoms. The first-order chi connectivity index (χ1) is 7.24. The second-order valence-corrected chi connectivity index (χ2v) is 3.38. The van der Waals surface area contributed by atoms with Gasteiger partial charge in [-0.2, -0.15) is 0 Å². The van der Waals surface area contributed by atoms with Crippen LogP contribution in [0.5, 0.6) is 0 Å². The highest BCUT2D eigenvalue weighted by molar-refractivity contribution is 4.56. The smallest absolute Gasteiger partial charge is 0.158 e. The van der Waals surface area contributed by atoms with Crippen molar-refractivity contribution < 1.29 is 14.2 Å². The van der Waals surface area contributed by atoms with Gasteiger partial charge in [0.15, 0.2) is 6.29 Å². The lowest BCUT2D eigenvalue weighted by Crippen LogP contribution is -2.30. The van der Waals surface area contributed by atoms with Crippen LogP contribution in [0, 0.1) is 0 Å². The van der Waals surface area contributed by atoms with E-state index in [1.807, 2.05) is 20.8 Å². The van der Waals surface area contributed by atoms with Crippen molar-refractivity contribution in [3.63, 3.8) is 0 Å². The third-order valence-corrected chi connectivity index (χ3v) is 2.10. The summed E-state index contributed by atoms with van der Waals surface area (Å²) in [5.41, 5.74) is 0. The van der Waals surface area contributed by atoms with Crippen LogP contribution in [0.1, 0.15) is 27.2 Å². The van der Waals surface area contributed by atoms with Gasteiger partial charge in [0.1, 0.15) is 0 Å². The zero-order valence-electron chi connectivity index (χ0n) is 10.4. The van der Waals surface area contributed by atoms with Gasteiger partial charge in [-0.15, -0.1) is 0 Å². The fourth-order valence-electron chi connectivity index (χ4n) is 1.20. The maximum atomic E-state index is 5.42. The lowest BCUT2D eigenvalue weighted by Gasteiger charge is -2.17. The minimum atomic E-state index is -0.0784. The van der Waals surface area contributed by atoms with Gasteiger partial charge in [-0.25, -0.2) is 0 Å². The highest BCUT2D eigenvalue weighted by Gasteiger charge is 2.07. The summed E-state index contributed by atoms with van der Waals surface area (Å²) in [5.74, 6) is 0. The number of hydrogen-bond donors (Lipinski definition) is 1. The Morgan fingerprint density at radius 1 is 1.13 bits per heavy atom. The second-order valence-electron chi connectivity index (χ2n) is 3.38. The molecule has 1 N–H and O–H groups in total. The fraction of sp³-hybridized carbons (Fsp3) is 1.00. The molecule has 4 heteroatoms. The van der Waals surface area contributed by atoms with Gasteiger partial charge in [-0.05, 0) is 20.8 Å². The quantitative estimate of drug-likeness (QED) is 0.445. The predicted octanol–water partition coefficient (Wildman–Crippen LogP) is 1.40. The van der Waals surface area contributed by atoms with E-state index >= 15 is 0 Å². The number of hydrogen-bond acceptors (Lipinski definition) is 4. The van der Waals surface area contributed by atoms with Crippen molar-refractivity contribution in [2.45, 2.75) is 39.6 Å². The predicted molar refractivity (Wildman–Crippen MR) is 61.0 cm³/mol. The van der Waals surface area contributed by atoms with Crippen molar-refractivity contribution in [2.24, 2.45) is 0 Å². The molecule has 1 atom stereocenters. The minimum Gasteiger partial charge on any atom is -0.380 e. The van der Waals surface area contributed by atoms with Crippen LogP contribution in [0.2, 0.25) is 0 Å². The topological polar surface area (TPSA) is 39.7 Å². The molecule has 4 nitrogen and oxygen atoms in total. The maximum absolute atomic E-state index is 5.42. The zero-order valence-corrected chi connectivity index (χ0v) is 10.4. The van der Waals surface area contributed by atoms with E-state index in [-0.39, 0.29) is 12.4 Å². The van der Waals surface area contributed by atoms with Gasteiger partial charge in [0, 0.05) is 39.8 Å². The Balaban J connectivity index is 3.43. The minimum absolute atomic E-state index is 0.0784. The summed E-state index contributed by atoms with van der Waals surface area (Å²) in [6.07, 6.45) is 1.05. The first-order valence-electron chi connectivity index (χ1n) is 5.71. The van der Waals surface area contributed by atoms with Gasteiger partial charge in [0.25, 0.3) is 0 Å². The molecule has 0 fully saturated rings. The monoisotopic (exact) mass is 219 g/mol. The summed E-state index contributed by atoms with van der Waals surface area (Å²) in [7, 11) is 1.72. The van der Waals surface area contributed by atoms with Crippen molar-refractivity contribution in [2.75, 3.05) is 33.4 Å². The van der Waals surface area contributed by atoms with Crippen LogP contribution < -0.4 is 5.32 Å². The molecule has 0 aliphatic rings. The Bertz CT molecular complexity index is 127. The van der Waals surface area contributed by atoms with Crippen LogP contribution >= 0.6 is 0 Å². The van der Waals surface area contributed by atoms with Crippen LogP contribution in [0.3, 0.4) is 0 Å². The Morgan fingerprint density at radius 3 is 2.20 bits per heavy atom. The first-order valence-corrected chi connectivity index (χ1v) is 5.71. The molecule has 0 radical (unpaired) electrons. The van der Waals surface area contributed by atoms with Crippen LogP contribution in [-0.2, 0) is 14.2 Å². The lowest BCUT2D eigenvalue weighted by molar-refractivity contribution is -0.138. The maximum Gasteiger partial charge on any atom is 0.158 e. The SMILES string of the molecule is CCOC(CCNCC(C)OC)OCC. The summed E-state index contributed by atoms with van der Waals surface area (Å²) in [5, 5.41) is 3.30. The van der Waals surface area contributed by atoms with E-state index in [1.165, 1.54) is 0 Å². The Labute approximate surface area is 93.3 Å². The molecule has 0 aliphatic heterocycles. The van der Waals surface area contributed by atoms with Crippen LogP contribution in [0.4, 0.5) is 0 Å². The highest BCUT2D eigenvalue weighted by Crippen LogP contribution is 1.99. The Kier molecular flexibility index (Phi) is 10.3. The van der Waals surface area contributed by atoms with Crippen molar-refractivity contribution in [3.05, 3.63) is 0 Å². The van der Waals surface area contributed by atoms with E-state index in [4.69, 9.17) is 14.2 Å². The molecular weight excluding hydrogens is 194 g/mol. The molecule has 0 saturated heterocycles. The summed E-state index contributed by atoms with van der Waals surface area (Å²) >= 11 is 0. The molecule has 92 valence electrons. The van der Waals surface area contributed by atoms with Gasteiger partial charge in [0.2, 0.25) is 0 Å². The van der Waals surface area contributed by atoms with Crippen molar-refractivity contribution in [3.8, 4) is 0 Å². The van der Waals surface area contributed by atoms with Crippen molar-refractivity contribution in [1.82, 2.24) is 5.32 Å². The molecule has 0 rings (SSSR count). The highest BCUT2D eigenvalue weighted by atomic mass is 16.7. The molecule has 0 bridgehead atoms. The Hall–Kier alpha value is -0.160. The van der Waals surface area contributed by atoms with Gasteiger partial charge in [-0.1, -0.05) is 0 Å². The molecule has 0 amide bonds. The molecule has 0 aromatic carbocycles. The summed E-state index contributed by atoms with van der Waals surface area (Å²) in [6.45, 7) is 9.13. The number of rotatable bonds is 10. The van der Waals surface area contributed by atoms with Gasteiger partial charge in [0.05, 0.1) is 6.10 Å². The van der Waals surface area contributed by atoms with Gasteiger partial charge < -0.3 is 19.5 Å². The third kappa shape index (κ3) is 8.81. The molecule has 1 unspecified atom stereocenters. The average molecular weight is 219 g/mol. The lowest BCUT2D eigenvalue weighted by atomic mass is 10.3. The van der Waals surface area contributed by atoms with Crippen LogP contribution in [0.15, 0.2) is 0 Å². The Morgan fingerprint density at radius 2 is 1.73 bits per heavy atom.